The van der Waals surface area contributed by atoms with Crippen LogP contribution in [0.25, 0.3) is 0 Å². The van der Waals surface area contributed by atoms with Crippen molar-refractivity contribution in [2.75, 3.05) is 0 Å². The lowest BCUT2D eigenvalue weighted by Crippen LogP contribution is -2.41. The van der Waals surface area contributed by atoms with Gasteiger partial charge in [0.1, 0.15) is 6.04 Å². The van der Waals surface area contributed by atoms with Gasteiger partial charge in [0.2, 0.25) is 5.91 Å². The highest BCUT2D eigenvalue weighted by molar-refractivity contribution is 5.84. The molecule has 6 nitrogen and oxygen atoms in total. The number of nitrogens with one attached hydrogen (secondary N) is 2. The van der Waals surface area contributed by atoms with Crippen molar-refractivity contribution < 1.29 is 14.7 Å². The molecule has 0 aliphatic heterocycles. The molecule has 0 radical (unpaired) electrons. The van der Waals surface area contributed by atoms with Gasteiger partial charge in [-0.05, 0) is 12.5 Å². The van der Waals surface area contributed by atoms with Crippen LogP contribution in [-0.4, -0.2) is 33.2 Å². The van der Waals surface area contributed by atoms with Crippen molar-refractivity contribution in [2.24, 2.45) is 0 Å². The Morgan fingerprint density at radius 1 is 1.62 bits per heavy atom. The zero-order chi connectivity index (χ0) is 12.0. The summed E-state index contributed by atoms with van der Waals surface area (Å²) >= 11 is 0. The maximum atomic E-state index is 11.5. The summed E-state index contributed by atoms with van der Waals surface area (Å²) in [6.45, 7) is 1.87. The number of hydrogen-bond donors (Lipinski definition) is 3. The Labute approximate surface area is 93.1 Å². The Balaban J connectivity index is 2.45. The summed E-state index contributed by atoms with van der Waals surface area (Å²) in [7, 11) is 0. The van der Waals surface area contributed by atoms with Crippen LogP contribution in [0, 0.1) is 0 Å². The van der Waals surface area contributed by atoms with Crippen molar-refractivity contribution in [1.29, 1.82) is 0 Å². The Morgan fingerprint density at radius 3 is 2.88 bits per heavy atom. The molecule has 0 saturated carbocycles. The van der Waals surface area contributed by atoms with Gasteiger partial charge in [0, 0.05) is 11.9 Å². The van der Waals surface area contributed by atoms with Gasteiger partial charge in [-0.2, -0.15) is 5.10 Å². The molecule has 1 heterocycles. The second kappa shape index (κ2) is 5.89. The second-order valence-corrected chi connectivity index (χ2v) is 3.51. The van der Waals surface area contributed by atoms with Crippen LogP contribution in [0.15, 0.2) is 12.3 Å². The van der Waals surface area contributed by atoms with Gasteiger partial charge in [0.15, 0.2) is 0 Å². The smallest absolute Gasteiger partial charge is 0.326 e. The molecule has 0 unspecified atom stereocenters. The van der Waals surface area contributed by atoms with Gasteiger partial charge in [-0.15, -0.1) is 0 Å². The number of carboxylic acids is 1. The number of H-pyrrole nitrogens is 1. The van der Waals surface area contributed by atoms with Gasteiger partial charge in [-0.25, -0.2) is 4.79 Å². The molecule has 3 N–H and O–H groups in total. The molecule has 0 bridgehead atoms. The summed E-state index contributed by atoms with van der Waals surface area (Å²) in [4.78, 5) is 22.3. The minimum absolute atomic E-state index is 0.119. The Hall–Kier alpha value is -1.85. The molecule has 16 heavy (non-hydrogen) atoms. The van der Waals surface area contributed by atoms with Crippen LogP contribution < -0.4 is 5.32 Å². The monoisotopic (exact) mass is 225 g/mol. The van der Waals surface area contributed by atoms with Crippen molar-refractivity contribution in [3.8, 4) is 0 Å². The minimum atomic E-state index is -1.00. The minimum Gasteiger partial charge on any atom is -0.480 e. The third kappa shape index (κ3) is 3.72. The third-order valence-electron chi connectivity index (χ3n) is 2.12. The van der Waals surface area contributed by atoms with E-state index in [1.165, 1.54) is 0 Å². The predicted octanol–water partition coefficient (Wildman–Crippen LogP) is 0.322. The lowest BCUT2D eigenvalue weighted by Gasteiger charge is -2.12. The first-order chi connectivity index (χ1) is 7.63. The van der Waals surface area contributed by atoms with Crippen molar-refractivity contribution in [3.05, 3.63) is 18.0 Å². The average Bonchev–Trinajstić information content (AvgIpc) is 2.69. The van der Waals surface area contributed by atoms with Crippen molar-refractivity contribution >= 4 is 11.9 Å². The summed E-state index contributed by atoms with van der Waals surface area (Å²) in [5.41, 5.74) is 0.665. The fraction of sp³-hybridized carbons (Fsp3) is 0.500. The fourth-order valence-electron chi connectivity index (χ4n) is 1.35. The molecule has 0 aliphatic rings. The Bertz CT molecular complexity index is 348. The first-order valence-electron chi connectivity index (χ1n) is 5.14. The van der Waals surface area contributed by atoms with E-state index in [2.05, 4.69) is 15.5 Å². The number of hydrogen-bond acceptors (Lipinski definition) is 3. The van der Waals surface area contributed by atoms with Crippen LogP contribution >= 0.6 is 0 Å². The number of rotatable bonds is 6. The van der Waals surface area contributed by atoms with Crippen molar-refractivity contribution in [2.45, 2.75) is 32.2 Å². The maximum absolute atomic E-state index is 11.5. The topological polar surface area (TPSA) is 95.1 Å². The number of carboxylic acid groups (broad SMARTS) is 1. The molecule has 1 aromatic rings. The summed E-state index contributed by atoms with van der Waals surface area (Å²) in [5, 5.41) is 17.7. The normalized spacial score (nSPS) is 12.1. The summed E-state index contributed by atoms with van der Waals surface area (Å²) in [6.07, 6.45) is 2.81. The van der Waals surface area contributed by atoms with E-state index in [4.69, 9.17) is 5.11 Å². The first-order valence-corrected chi connectivity index (χ1v) is 5.14. The molecule has 0 aromatic carbocycles. The van der Waals surface area contributed by atoms with E-state index < -0.39 is 12.0 Å². The molecule has 0 saturated heterocycles. The molecule has 0 fully saturated rings. The average molecular weight is 225 g/mol. The predicted molar refractivity (Wildman–Crippen MR) is 56.8 cm³/mol. The van der Waals surface area contributed by atoms with E-state index in [9.17, 15) is 9.59 Å². The van der Waals surface area contributed by atoms with Gasteiger partial charge in [0.05, 0.1) is 6.42 Å². The molecule has 0 aliphatic carbocycles. The fourth-order valence-corrected chi connectivity index (χ4v) is 1.35. The first kappa shape index (κ1) is 12.2. The van der Waals surface area contributed by atoms with Gasteiger partial charge >= 0.3 is 5.97 Å². The van der Waals surface area contributed by atoms with E-state index in [-0.39, 0.29) is 12.3 Å². The molecule has 0 spiro atoms. The number of nitrogens with zero attached hydrogens (tertiary/aromatic N) is 1. The Kier molecular flexibility index (Phi) is 4.50. The second-order valence-electron chi connectivity index (χ2n) is 3.51. The SMILES string of the molecule is CCC[C@H](NC(=O)Cc1ccn[nH]1)C(=O)O. The molecular weight excluding hydrogens is 210 g/mol. The maximum Gasteiger partial charge on any atom is 0.326 e. The van der Waals surface area contributed by atoms with Crippen LogP contribution in [0.3, 0.4) is 0 Å². The Morgan fingerprint density at radius 2 is 2.38 bits per heavy atom. The highest BCUT2D eigenvalue weighted by Crippen LogP contribution is 1.99. The molecular formula is C10H15N3O3. The van der Waals surface area contributed by atoms with Gasteiger partial charge in [0.25, 0.3) is 0 Å². The van der Waals surface area contributed by atoms with Gasteiger partial charge in [-0.3, -0.25) is 9.89 Å². The van der Waals surface area contributed by atoms with E-state index in [1.807, 2.05) is 6.92 Å². The number of aromatic amines is 1. The van der Waals surface area contributed by atoms with Crippen LogP contribution in [0.5, 0.6) is 0 Å². The van der Waals surface area contributed by atoms with E-state index in [1.54, 1.807) is 12.3 Å². The van der Waals surface area contributed by atoms with Crippen molar-refractivity contribution in [3.63, 3.8) is 0 Å². The number of carbonyl (C=O) groups is 2. The highest BCUT2D eigenvalue weighted by atomic mass is 16.4. The lowest BCUT2D eigenvalue weighted by atomic mass is 10.1. The zero-order valence-corrected chi connectivity index (χ0v) is 9.06. The largest absolute Gasteiger partial charge is 0.480 e. The number of aliphatic carboxylic acids is 1. The van der Waals surface area contributed by atoms with E-state index >= 15 is 0 Å². The zero-order valence-electron chi connectivity index (χ0n) is 9.06. The number of aromatic nitrogens is 2. The molecule has 1 rings (SSSR count). The number of carbonyl (C=O) groups excluding carboxylic acids is 1. The van der Waals surface area contributed by atoms with Crippen molar-refractivity contribution in [1.82, 2.24) is 15.5 Å². The molecule has 1 amide bonds. The van der Waals surface area contributed by atoms with Crippen LogP contribution in [-0.2, 0) is 16.0 Å². The van der Waals surface area contributed by atoms with Gasteiger partial charge < -0.3 is 10.4 Å². The van der Waals surface area contributed by atoms with Crippen LogP contribution in [0.4, 0.5) is 0 Å². The van der Waals surface area contributed by atoms with E-state index in [0.717, 1.165) is 0 Å². The lowest BCUT2D eigenvalue weighted by molar-refractivity contribution is -0.141. The van der Waals surface area contributed by atoms with Crippen LogP contribution in [0.2, 0.25) is 0 Å². The number of amides is 1. The quantitative estimate of drug-likeness (QED) is 0.649. The van der Waals surface area contributed by atoms with E-state index in [0.29, 0.717) is 18.5 Å². The standard InChI is InChI=1S/C10H15N3O3/c1-2-3-8(10(15)16)12-9(14)6-7-4-5-11-13-7/h4-5,8H,2-3,6H2,1H3,(H,11,13)(H,12,14)(H,15,16)/t8-/m0/s1. The highest BCUT2D eigenvalue weighted by Gasteiger charge is 2.18. The molecule has 6 heteroatoms. The third-order valence-corrected chi connectivity index (χ3v) is 2.12. The molecule has 1 atom stereocenters. The molecule has 1 aromatic heterocycles. The molecule has 88 valence electrons. The summed E-state index contributed by atoms with van der Waals surface area (Å²) in [5.74, 6) is -1.31. The summed E-state index contributed by atoms with van der Waals surface area (Å²) in [6, 6.07) is 0.871. The van der Waals surface area contributed by atoms with Gasteiger partial charge in [-0.1, -0.05) is 13.3 Å². The van der Waals surface area contributed by atoms with Crippen LogP contribution in [0.1, 0.15) is 25.5 Å². The summed E-state index contributed by atoms with van der Waals surface area (Å²) < 4.78 is 0.